The summed E-state index contributed by atoms with van der Waals surface area (Å²) in [4.78, 5) is 6.83. The number of hydrogen-bond acceptors (Lipinski definition) is 4. The van der Waals surface area contributed by atoms with Crippen molar-refractivity contribution in [1.82, 2.24) is 0 Å². The van der Waals surface area contributed by atoms with E-state index in [2.05, 4.69) is 58.4 Å². The molecule has 2 aromatic carbocycles. The molecular formula is C23H26N2O2. The van der Waals surface area contributed by atoms with Crippen LogP contribution in [0.5, 0.6) is 0 Å². The molecule has 4 nitrogen and oxygen atoms in total. The predicted octanol–water partition coefficient (Wildman–Crippen LogP) is 4.60. The number of dihydropyridines is 1. The number of anilines is 2. The first-order valence-electron chi connectivity index (χ1n) is 9.57. The van der Waals surface area contributed by atoms with Crippen LogP contribution >= 0.6 is 0 Å². The molecule has 1 heterocycles. The molecule has 1 aliphatic carbocycles. The second-order valence-corrected chi connectivity index (χ2v) is 7.23. The number of methoxy groups -OCH3 is 1. The van der Waals surface area contributed by atoms with Gasteiger partial charge in [-0.25, -0.2) is 0 Å². The number of hydrogen-bond donors (Lipinski definition) is 0. The molecule has 2 aliphatic rings. The normalized spacial score (nSPS) is 21.6. The Morgan fingerprint density at radius 1 is 1.00 bits per heavy atom. The van der Waals surface area contributed by atoms with E-state index in [1.165, 1.54) is 12.8 Å². The monoisotopic (exact) mass is 362 g/mol. The van der Waals surface area contributed by atoms with Crippen molar-refractivity contribution in [3.05, 3.63) is 72.5 Å². The maximum absolute atomic E-state index is 6.52. The van der Waals surface area contributed by atoms with Crippen LogP contribution in [0.4, 0.5) is 11.4 Å². The smallest absolute Gasteiger partial charge is 0.162 e. The van der Waals surface area contributed by atoms with Gasteiger partial charge < -0.3 is 14.4 Å². The predicted molar refractivity (Wildman–Crippen MR) is 110 cm³/mol. The van der Waals surface area contributed by atoms with Crippen molar-refractivity contribution in [3.63, 3.8) is 0 Å². The molecule has 0 N–H and O–H groups in total. The molecule has 1 saturated carbocycles. The van der Waals surface area contributed by atoms with E-state index >= 15 is 0 Å². The molecular weight excluding hydrogens is 336 g/mol. The number of benzene rings is 2. The Labute approximate surface area is 161 Å². The van der Waals surface area contributed by atoms with Gasteiger partial charge in [0.05, 0.1) is 26.8 Å². The van der Waals surface area contributed by atoms with Gasteiger partial charge in [-0.15, -0.1) is 0 Å². The Hall–Kier alpha value is -2.59. The lowest BCUT2D eigenvalue weighted by molar-refractivity contribution is -0.0426. The molecule has 0 radical (unpaired) electrons. The lowest BCUT2D eigenvalue weighted by Crippen LogP contribution is -2.50. The van der Waals surface area contributed by atoms with Gasteiger partial charge in [-0.2, -0.15) is 0 Å². The largest absolute Gasteiger partial charge is 0.498 e. The highest BCUT2D eigenvalue weighted by atomic mass is 16.5. The highest BCUT2D eigenvalue weighted by Gasteiger charge is 2.42. The molecule has 0 saturated heterocycles. The van der Waals surface area contributed by atoms with Crippen molar-refractivity contribution in [2.45, 2.75) is 18.4 Å². The molecule has 1 aliphatic heterocycles. The molecule has 2 aromatic rings. The van der Waals surface area contributed by atoms with Crippen molar-refractivity contribution in [2.75, 3.05) is 31.7 Å². The molecule has 0 spiro atoms. The number of allylic oxidation sites excluding steroid dienone is 1. The van der Waals surface area contributed by atoms with Gasteiger partial charge in [-0.05, 0) is 49.1 Å². The van der Waals surface area contributed by atoms with Crippen LogP contribution in [0.25, 0.3) is 0 Å². The molecule has 0 aromatic heterocycles. The second-order valence-electron chi connectivity index (χ2n) is 7.23. The zero-order chi connectivity index (χ0) is 18.5. The summed E-state index contributed by atoms with van der Waals surface area (Å²) in [6.45, 7) is 1.97. The second kappa shape index (κ2) is 7.97. The van der Waals surface area contributed by atoms with Crippen LogP contribution in [0.1, 0.15) is 12.8 Å². The van der Waals surface area contributed by atoms with E-state index in [1.807, 2.05) is 24.4 Å². The fraction of sp³-hybridized carbons (Fsp3) is 0.348. The number of rotatable bonds is 8. The minimum Gasteiger partial charge on any atom is -0.498 e. The van der Waals surface area contributed by atoms with Gasteiger partial charge in [0.15, 0.2) is 5.60 Å². The number of para-hydroxylation sites is 2. The van der Waals surface area contributed by atoms with Gasteiger partial charge in [0, 0.05) is 17.6 Å². The molecule has 0 bridgehead atoms. The van der Waals surface area contributed by atoms with Crippen molar-refractivity contribution in [1.29, 1.82) is 0 Å². The quantitative estimate of drug-likeness (QED) is 0.688. The lowest BCUT2D eigenvalue weighted by Gasteiger charge is -2.40. The standard InChI is InChI=1S/C23H26N2O2/c1-26-22-14-15-24-17-23(22,27-16-19-12-13-19)18-25(20-8-4-2-5-9-20)21-10-6-3-7-11-21/h2-11,14-15,19H,12-13,16-18H2,1H3. The van der Waals surface area contributed by atoms with Crippen molar-refractivity contribution in [2.24, 2.45) is 10.9 Å². The van der Waals surface area contributed by atoms with Gasteiger partial charge in [0.2, 0.25) is 0 Å². The Morgan fingerprint density at radius 3 is 2.19 bits per heavy atom. The molecule has 0 amide bonds. The SMILES string of the molecule is COC1=CC=NCC1(CN(c1ccccc1)c1ccccc1)OCC1CC1. The third-order valence-electron chi connectivity index (χ3n) is 5.19. The third-order valence-corrected chi connectivity index (χ3v) is 5.19. The maximum atomic E-state index is 6.52. The van der Waals surface area contributed by atoms with Gasteiger partial charge in [-0.1, -0.05) is 36.4 Å². The average molecular weight is 362 g/mol. The summed E-state index contributed by atoms with van der Waals surface area (Å²) < 4.78 is 12.3. The first-order chi connectivity index (χ1) is 13.3. The summed E-state index contributed by atoms with van der Waals surface area (Å²) in [5, 5.41) is 0. The first kappa shape index (κ1) is 17.8. The van der Waals surface area contributed by atoms with E-state index in [-0.39, 0.29) is 0 Å². The van der Waals surface area contributed by atoms with E-state index in [4.69, 9.17) is 9.47 Å². The fourth-order valence-corrected chi connectivity index (χ4v) is 3.46. The van der Waals surface area contributed by atoms with Gasteiger partial charge >= 0.3 is 0 Å². The highest BCUT2D eigenvalue weighted by Crippen LogP contribution is 2.36. The number of nitrogens with zero attached hydrogens (tertiary/aromatic N) is 2. The molecule has 1 fully saturated rings. The maximum Gasteiger partial charge on any atom is 0.162 e. The van der Waals surface area contributed by atoms with E-state index in [0.29, 0.717) is 19.0 Å². The van der Waals surface area contributed by atoms with Gasteiger partial charge in [0.25, 0.3) is 0 Å². The van der Waals surface area contributed by atoms with Crippen molar-refractivity contribution < 1.29 is 9.47 Å². The summed E-state index contributed by atoms with van der Waals surface area (Å²) in [6, 6.07) is 20.9. The van der Waals surface area contributed by atoms with Crippen LogP contribution < -0.4 is 4.90 Å². The highest BCUT2D eigenvalue weighted by molar-refractivity contribution is 5.74. The molecule has 1 atom stereocenters. The zero-order valence-corrected chi connectivity index (χ0v) is 15.8. The van der Waals surface area contributed by atoms with E-state index in [1.54, 1.807) is 7.11 Å². The fourth-order valence-electron chi connectivity index (χ4n) is 3.46. The van der Waals surface area contributed by atoms with Crippen LogP contribution in [0.2, 0.25) is 0 Å². The average Bonchev–Trinajstić information content (AvgIpc) is 3.57. The van der Waals surface area contributed by atoms with Crippen LogP contribution in [0.3, 0.4) is 0 Å². The Balaban J connectivity index is 1.69. The van der Waals surface area contributed by atoms with Crippen LogP contribution in [-0.2, 0) is 9.47 Å². The third kappa shape index (κ3) is 4.06. The summed E-state index contributed by atoms with van der Waals surface area (Å²) in [6.07, 6.45) is 6.26. The van der Waals surface area contributed by atoms with E-state index in [0.717, 1.165) is 23.7 Å². The van der Waals surface area contributed by atoms with Crippen LogP contribution in [-0.4, -0.2) is 38.6 Å². The van der Waals surface area contributed by atoms with E-state index in [9.17, 15) is 0 Å². The molecule has 1 unspecified atom stereocenters. The first-order valence-corrected chi connectivity index (χ1v) is 9.57. The van der Waals surface area contributed by atoms with Gasteiger partial charge in [0.1, 0.15) is 5.76 Å². The summed E-state index contributed by atoms with van der Waals surface area (Å²) >= 11 is 0. The lowest BCUT2D eigenvalue weighted by atomic mass is 9.96. The summed E-state index contributed by atoms with van der Waals surface area (Å²) in [5.74, 6) is 1.52. The van der Waals surface area contributed by atoms with Crippen LogP contribution in [0.15, 0.2) is 77.5 Å². The zero-order valence-electron chi connectivity index (χ0n) is 15.8. The Kier molecular flexibility index (Phi) is 5.26. The molecule has 4 heteroatoms. The molecule has 27 heavy (non-hydrogen) atoms. The Bertz CT molecular complexity index is 760. The Morgan fingerprint density at radius 2 is 1.63 bits per heavy atom. The van der Waals surface area contributed by atoms with Gasteiger partial charge in [-0.3, -0.25) is 4.99 Å². The molecule has 140 valence electrons. The molecule has 4 rings (SSSR count). The van der Waals surface area contributed by atoms with Crippen molar-refractivity contribution in [3.8, 4) is 0 Å². The summed E-state index contributed by atoms with van der Waals surface area (Å²) in [7, 11) is 1.72. The van der Waals surface area contributed by atoms with Crippen LogP contribution in [0, 0.1) is 5.92 Å². The van der Waals surface area contributed by atoms with E-state index < -0.39 is 5.60 Å². The minimum atomic E-state index is -0.586. The topological polar surface area (TPSA) is 34.1 Å². The number of ether oxygens (including phenoxy) is 2. The van der Waals surface area contributed by atoms with Crippen molar-refractivity contribution >= 4 is 17.6 Å². The summed E-state index contributed by atoms with van der Waals surface area (Å²) in [5.41, 5.74) is 1.67. The number of aliphatic imine (C=N–C) groups is 1. The minimum absolute atomic E-state index is 0.565.